The van der Waals surface area contributed by atoms with E-state index >= 15 is 0 Å². The Kier molecular flexibility index (Phi) is 4.45. The molecule has 0 radical (unpaired) electrons. The smallest absolute Gasteiger partial charge is 0.175 e. The summed E-state index contributed by atoms with van der Waals surface area (Å²) >= 11 is 0. The largest absolute Gasteiger partial charge is 0.381 e. The van der Waals surface area contributed by atoms with Gasteiger partial charge in [0, 0.05) is 18.5 Å². The molecule has 106 valence electrons. The fraction of sp³-hybridized carbons (Fsp3) is 0.250. The average molecular weight is 289 g/mol. The normalized spacial score (nSPS) is 11.3. The first-order valence-electron chi connectivity index (χ1n) is 6.61. The van der Waals surface area contributed by atoms with Crippen LogP contribution in [0.25, 0.3) is 0 Å². The van der Waals surface area contributed by atoms with Crippen molar-refractivity contribution in [1.29, 1.82) is 0 Å². The first-order chi connectivity index (χ1) is 9.50. The zero-order valence-corrected chi connectivity index (χ0v) is 12.6. The molecule has 0 aliphatic heterocycles. The molecular weight excluding hydrogens is 270 g/mol. The molecular formula is C16H19NO2S. The molecule has 0 heterocycles. The number of hydrogen-bond acceptors (Lipinski definition) is 3. The van der Waals surface area contributed by atoms with Crippen LogP contribution in [0, 0.1) is 0 Å². The van der Waals surface area contributed by atoms with Crippen molar-refractivity contribution in [2.75, 3.05) is 11.6 Å². The topological polar surface area (TPSA) is 46.2 Å². The van der Waals surface area contributed by atoms with Crippen LogP contribution in [0.5, 0.6) is 0 Å². The molecule has 0 bridgehead atoms. The predicted octanol–water partition coefficient (Wildman–Crippen LogP) is 3.26. The Morgan fingerprint density at radius 3 is 2.35 bits per heavy atom. The molecule has 0 atom stereocenters. The van der Waals surface area contributed by atoms with Crippen LogP contribution >= 0.6 is 0 Å². The van der Waals surface area contributed by atoms with E-state index in [1.165, 1.54) is 17.4 Å². The molecule has 2 aromatic carbocycles. The second kappa shape index (κ2) is 6.09. The number of aryl methyl sites for hydroxylation is 1. The Hall–Kier alpha value is -1.81. The van der Waals surface area contributed by atoms with E-state index in [1.54, 1.807) is 18.2 Å². The summed E-state index contributed by atoms with van der Waals surface area (Å²) in [7, 11) is -3.16. The van der Waals surface area contributed by atoms with Crippen LogP contribution in [0.4, 0.5) is 5.69 Å². The average Bonchev–Trinajstić information content (AvgIpc) is 2.45. The lowest BCUT2D eigenvalue weighted by Crippen LogP contribution is -2.04. The molecule has 1 N–H and O–H groups in total. The van der Waals surface area contributed by atoms with Gasteiger partial charge in [-0.3, -0.25) is 0 Å². The first kappa shape index (κ1) is 14.6. The lowest BCUT2D eigenvalue weighted by Gasteiger charge is -2.11. The molecule has 0 saturated heterocycles. The van der Waals surface area contributed by atoms with Gasteiger partial charge < -0.3 is 5.32 Å². The Morgan fingerprint density at radius 1 is 1.00 bits per heavy atom. The predicted molar refractivity (Wildman–Crippen MR) is 82.7 cm³/mol. The van der Waals surface area contributed by atoms with Gasteiger partial charge in [0.25, 0.3) is 0 Å². The summed E-state index contributed by atoms with van der Waals surface area (Å²) in [6.45, 7) is 2.82. The SMILES string of the molecule is CCc1ccccc1CNc1cccc(S(C)(=O)=O)c1. The molecule has 0 amide bonds. The molecule has 0 fully saturated rings. The van der Waals surface area contributed by atoms with E-state index in [-0.39, 0.29) is 0 Å². The maximum absolute atomic E-state index is 11.5. The maximum atomic E-state index is 11.5. The molecule has 0 aliphatic carbocycles. The summed E-state index contributed by atoms with van der Waals surface area (Å²) in [4.78, 5) is 0.339. The van der Waals surface area contributed by atoms with Gasteiger partial charge in [0.05, 0.1) is 4.90 Å². The fourth-order valence-electron chi connectivity index (χ4n) is 2.11. The Morgan fingerprint density at radius 2 is 1.70 bits per heavy atom. The third kappa shape index (κ3) is 3.61. The highest BCUT2D eigenvalue weighted by atomic mass is 32.2. The Balaban J connectivity index is 2.15. The van der Waals surface area contributed by atoms with Gasteiger partial charge in [0.15, 0.2) is 9.84 Å². The fourth-order valence-corrected chi connectivity index (χ4v) is 2.78. The number of benzene rings is 2. The number of anilines is 1. The quantitative estimate of drug-likeness (QED) is 0.919. The van der Waals surface area contributed by atoms with Crippen molar-refractivity contribution < 1.29 is 8.42 Å². The molecule has 3 nitrogen and oxygen atoms in total. The van der Waals surface area contributed by atoms with E-state index in [4.69, 9.17) is 0 Å². The zero-order valence-electron chi connectivity index (χ0n) is 11.8. The minimum absolute atomic E-state index is 0.339. The van der Waals surface area contributed by atoms with E-state index in [0.29, 0.717) is 11.4 Å². The lowest BCUT2D eigenvalue weighted by molar-refractivity contribution is 0.602. The van der Waals surface area contributed by atoms with Crippen LogP contribution in [0.3, 0.4) is 0 Å². The lowest BCUT2D eigenvalue weighted by atomic mass is 10.1. The Bertz CT molecular complexity index is 693. The van der Waals surface area contributed by atoms with E-state index < -0.39 is 9.84 Å². The van der Waals surface area contributed by atoms with Gasteiger partial charge in [0.2, 0.25) is 0 Å². The second-order valence-electron chi connectivity index (χ2n) is 4.78. The van der Waals surface area contributed by atoms with E-state index in [0.717, 1.165) is 12.1 Å². The van der Waals surface area contributed by atoms with Gasteiger partial charge in [-0.2, -0.15) is 0 Å². The molecule has 20 heavy (non-hydrogen) atoms. The van der Waals surface area contributed by atoms with Gasteiger partial charge in [-0.1, -0.05) is 37.3 Å². The van der Waals surface area contributed by atoms with Crippen LogP contribution < -0.4 is 5.32 Å². The summed E-state index contributed by atoms with van der Waals surface area (Å²) in [6, 6.07) is 15.2. The highest BCUT2D eigenvalue weighted by molar-refractivity contribution is 7.90. The Labute approximate surface area is 120 Å². The van der Waals surface area contributed by atoms with Crippen molar-refractivity contribution in [2.24, 2.45) is 0 Å². The van der Waals surface area contributed by atoms with Gasteiger partial charge >= 0.3 is 0 Å². The number of sulfone groups is 1. The van der Waals surface area contributed by atoms with Crippen molar-refractivity contribution in [3.05, 3.63) is 59.7 Å². The summed E-state index contributed by atoms with van der Waals surface area (Å²) < 4.78 is 23.1. The molecule has 0 spiro atoms. The first-order valence-corrected chi connectivity index (χ1v) is 8.50. The number of nitrogens with one attached hydrogen (secondary N) is 1. The van der Waals surface area contributed by atoms with E-state index in [9.17, 15) is 8.42 Å². The third-order valence-electron chi connectivity index (χ3n) is 3.24. The monoisotopic (exact) mass is 289 g/mol. The molecule has 0 unspecified atom stereocenters. The van der Waals surface area contributed by atoms with Crippen molar-refractivity contribution in [1.82, 2.24) is 0 Å². The van der Waals surface area contributed by atoms with E-state index in [1.807, 2.05) is 18.2 Å². The van der Waals surface area contributed by atoms with Crippen LogP contribution in [-0.4, -0.2) is 14.7 Å². The summed E-state index contributed by atoms with van der Waals surface area (Å²) in [5.74, 6) is 0. The minimum Gasteiger partial charge on any atom is -0.381 e. The standard InChI is InChI=1S/C16H19NO2S/c1-3-13-7-4-5-8-14(13)12-17-15-9-6-10-16(11-15)20(2,18)19/h4-11,17H,3,12H2,1-2H3. The molecule has 0 aromatic heterocycles. The maximum Gasteiger partial charge on any atom is 0.175 e. The van der Waals surface area contributed by atoms with Crippen LogP contribution in [0.1, 0.15) is 18.1 Å². The molecule has 2 rings (SSSR count). The van der Waals surface area contributed by atoms with Crippen LogP contribution in [-0.2, 0) is 22.8 Å². The minimum atomic E-state index is -3.16. The summed E-state index contributed by atoms with van der Waals surface area (Å²) in [5, 5.41) is 3.28. The number of hydrogen-bond donors (Lipinski definition) is 1. The zero-order chi connectivity index (χ0) is 14.6. The summed E-state index contributed by atoms with van der Waals surface area (Å²) in [6.07, 6.45) is 2.21. The van der Waals surface area contributed by atoms with Crippen LogP contribution in [0.15, 0.2) is 53.4 Å². The molecule has 2 aromatic rings. The van der Waals surface area contributed by atoms with Crippen molar-refractivity contribution >= 4 is 15.5 Å². The van der Waals surface area contributed by atoms with Crippen molar-refractivity contribution in [3.63, 3.8) is 0 Å². The highest BCUT2D eigenvalue weighted by Gasteiger charge is 2.07. The third-order valence-corrected chi connectivity index (χ3v) is 4.35. The van der Waals surface area contributed by atoms with Gasteiger partial charge in [0.1, 0.15) is 0 Å². The van der Waals surface area contributed by atoms with Crippen molar-refractivity contribution in [2.45, 2.75) is 24.8 Å². The molecule has 0 aliphatic rings. The van der Waals surface area contributed by atoms with Gasteiger partial charge in [-0.05, 0) is 35.7 Å². The highest BCUT2D eigenvalue weighted by Crippen LogP contribution is 2.17. The molecule has 0 saturated carbocycles. The molecule has 4 heteroatoms. The number of rotatable bonds is 5. The van der Waals surface area contributed by atoms with Gasteiger partial charge in [-0.15, -0.1) is 0 Å². The summed E-state index contributed by atoms with van der Waals surface area (Å²) in [5.41, 5.74) is 3.36. The van der Waals surface area contributed by atoms with E-state index in [2.05, 4.69) is 24.4 Å². The van der Waals surface area contributed by atoms with Gasteiger partial charge in [-0.25, -0.2) is 8.42 Å². The van der Waals surface area contributed by atoms with Crippen molar-refractivity contribution in [3.8, 4) is 0 Å². The van der Waals surface area contributed by atoms with Crippen LogP contribution in [0.2, 0.25) is 0 Å². The second-order valence-corrected chi connectivity index (χ2v) is 6.79.